The number of benzene rings is 3. The largest absolute Gasteiger partial charge is 0.507 e. The number of hydrogen-bond donors (Lipinski definition) is 1. The molecule has 1 fully saturated rings. The third-order valence-corrected chi connectivity index (χ3v) is 6.51. The van der Waals surface area contributed by atoms with Crippen molar-refractivity contribution in [3.63, 3.8) is 0 Å². The van der Waals surface area contributed by atoms with E-state index in [1.54, 1.807) is 31.4 Å². The van der Waals surface area contributed by atoms with Gasteiger partial charge in [-0.15, -0.1) is 0 Å². The van der Waals surface area contributed by atoms with E-state index in [1.165, 1.54) is 4.90 Å². The van der Waals surface area contributed by atoms with Gasteiger partial charge in [-0.05, 0) is 92.8 Å². The molecule has 1 aliphatic heterocycles. The van der Waals surface area contributed by atoms with Crippen LogP contribution in [0.3, 0.4) is 0 Å². The maximum Gasteiger partial charge on any atom is 0.300 e. The summed E-state index contributed by atoms with van der Waals surface area (Å²) in [4.78, 5) is 28.4. The summed E-state index contributed by atoms with van der Waals surface area (Å²) >= 11 is 0. The van der Waals surface area contributed by atoms with E-state index in [2.05, 4.69) is 0 Å². The van der Waals surface area contributed by atoms with E-state index in [1.807, 2.05) is 65.0 Å². The average molecular weight is 486 g/mol. The number of amides is 1. The van der Waals surface area contributed by atoms with Crippen LogP contribution >= 0.6 is 0 Å². The van der Waals surface area contributed by atoms with Gasteiger partial charge in [0.05, 0.1) is 25.3 Å². The normalized spacial score (nSPS) is 16.9. The summed E-state index contributed by atoms with van der Waals surface area (Å²) in [6, 6.07) is 15.7. The molecule has 36 heavy (non-hydrogen) atoms. The molecular weight excluding hydrogens is 454 g/mol. The standard InChI is InChI=1S/C30H31NO5/c1-7-36-25-16-21(10-11-24(25)35-6)27-26(28(32)22-9-8-19(4)20(5)15-22)29(33)30(34)31(27)23-13-17(2)12-18(3)14-23/h8-16,27,32H,7H2,1-6H3/b28-26-. The van der Waals surface area contributed by atoms with Gasteiger partial charge in [-0.2, -0.15) is 0 Å². The summed E-state index contributed by atoms with van der Waals surface area (Å²) in [5.41, 5.74) is 5.71. The lowest BCUT2D eigenvalue weighted by Gasteiger charge is -2.27. The molecule has 6 heteroatoms. The molecule has 1 amide bonds. The molecule has 0 bridgehead atoms. The van der Waals surface area contributed by atoms with Crippen LogP contribution in [0.25, 0.3) is 5.76 Å². The van der Waals surface area contributed by atoms with Crippen LogP contribution in [0.4, 0.5) is 5.69 Å². The van der Waals surface area contributed by atoms with Crippen LogP contribution < -0.4 is 14.4 Å². The summed E-state index contributed by atoms with van der Waals surface area (Å²) in [6.07, 6.45) is 0. The monoisotopic (exact) mass is 485 g/mol. The summed E-state index contributed by atoms with van der Waals surface area (Å²) in [5.74, 6) is -0.595. The molecule has 1 unspecified atom stereocenters. The van der Waals surface area contributed by atoms with Gasteiger partial charge < -0.3 is 14.6 Å². The van der Waals surface area contributed by atoms with Crippen molar-refractivity contribution in [2.45, 2.75) is 40.7 Å². The fraction of sp³-hybridized carbons (Fsp3) is 0.267. The van der Waals surface area contributed by atoms with Gasteiger partial charge in [0.25, 0.3) is 11.7 Å². The van der Waals surface area contributed by atoms with E-state index in [0.29, 0.717) is 34.9 Å². The second-order valence-corrected chi connectivity index (χ2v) is 9.16. The molecule has 0 spiro atoms. The minimum absolute atomic E-state index is 0.0371. The van der Waals surface area contributed by atoms with Gasteiger partial charge in [0.1, 0.15) is 5.76 Å². The zero-order chi connectivity index (χ0) is 26.1. The number of hydrogen-bond acceptors (Lipinski definition) is 5. The molecule has 1 N–H and O–H groups in total. The van der Waals surface area contributed by atoms with Gasteiger partial charge in [0, 0.05) is 11.3 Å². The number of aliphatic hydroxyl groups is 1. The predicted molar refractivity (Wildman–Crippen MR) is 141 cm³/mol. The third kappa shape index (κ3) is 4.47. The molecular formula is C30H31NO5. The molecule has 1 atom stereocenters. The zero-order valence-electron chi connectivity index (χ0n) is 21.5. The fourth-order valence-corrected chi connectivity index (χ4v) is 4.68. The van der Waals surface area contributed by atoms with Crippen LogP contribution in [0.15, 0.2) is 60.2 Å². The highest BCUT2D eigenvalue weighted by molar-refractivity contribution is 6.51. The quantitative estimate of drug-likeness (QED) is 0.265. The lowest BCUT2D eigenvalue weighted by Crippen LogP contribution is -2.29. The van der Waals surface area contributed by atoms with Crippen molar-refractivity contribution in [1.29, 1.82) is 0 Å². The van der Waals surface area contributed by atoms with Crippen molar-refractivity contribution >= 4 is 23.1 Å². The number of ether oxygens (including phenoxy) is 2. The number of Topliss-reactive ketones (excluding diaryl/α,β-unsaturated/α-hetero) is 1. The van der Waals surface area contributed by atoms with E-state index in [9.17, 15) is 14.7 Å². The Bertz CT molecular complexity index is 1370. The van der Waals surface area contributed by atoms with Gasteiger partial charge in [0.15, 0.2) is 11.5 Å². The highest BCUT2D eigenvalue weighted by Crippen LogP contribution is 2.44. The molecule has 0 radical (unpaired) electrons. The van der Waals surface area contributed by atoms with Gasteiger partial charge >= 0.3 is 0 Å². The average Bonchev–Trinajstić information content (AvgIpc) is 3.10. The van der Waals surface area contributed by atoms with E-state index < -0.39 is 17.7 Å². The molecule has 4 rings (SSSR count). The Morgan fingerprint density at radius 1 is 0.889 bits per heavy atom. The Balaban J connectivity index is 1.99. The van der Waals surface area contributed by atoms with Crippen LogP contribution in [-0.2, 0) is 9.59 Å². The number of methoxy groups -OCH3 is 1. The molecule has 3 aromatic rings. The Labute approximate surface area is 211 Å². The molecule has 3 aromatic carbocycles. The van der Waals surface area contributed by atoms with Gasteiger partial charge in [-0.1, -0.05) is 24.3 Å². The Morgan fingerprint density at radius 2 is 1.58 bits per heavy atom. The maximum absolute atomic E-state index is 13.5. The van der Waals surface area contributed by atoms with E-state index >= 15 is 0 Å². The molecule has 1 aliphatic rings. The number of anilines is 1. The molecule has 0 aromatic heterocycles. The van der Waals surface area contributed by atoms with Gasteiger partial charge in [-0.3, -0.25) is 14.5 Å². The van der Waals surface area contributed by atoms with E-state index in [0.717, 1.165) is 22.3 Å². The third-order valence-electron chi connectivity index (χ3n) is 6.51. The second-order valence-electron chi connectivity index (χ2n) is 9.16. The van der Waals surface area contributed by atoms with Crippen LogP contribution in [0, 0.1) is 27.7 Å². The first-order valence-corrected chi connectivity index (χ1v) is 11.9. The van der Waals surface area contributed by atoms with Crippen molar-refractivity contribution < 1.29 is 24.2 Å². The number of rotatable bonds is 6. The number of aryl methyl sites for hydroxylation is 4. The number of carbonyl (C=O) groups is 2. The maximum atomic E-state index is 13.5. The van der Waals surface area contributed by atoms with E-state index in [4.69, 9.17) is 9.47 Å². The first-order chi connectivity index (χ1) is 17.2. The van der Waals surface area contributed by atoms with Crippen molar-refractivity contribution in [1.82, 2.24) is 0 Å². The van der Waals surface area contributed by atoms with Crippen molar-refractivity contribution in [2.75, 3.05) is 18.6 Å². The summed E-state index contributed by atoms with van der Waals surface area (Å²) < 4.78 is 11.2. The van der Waals surface area contributed by atoms with Gasteiger partial charge in [0.2, 0.25) is 0 Å². The first-order valence-electron chi connectivity index (χ1n) is 11.9. The summed E-state index contributed by atoms with van der Waals surface area (Å²) in [6.45, 7) is 10.1. The molecule has 6 nitrogen and oxygen atoms in total. The van der Waals surface area contributed by atoms with Crippen LogP contribution in [0.2, 0.25) is 0 Å². The number of ketones is 1. The summed E-state index contributed by atoms with van der Waals surface area (Å²) in [7, 11) is 1.55. The molecule has 0 aliphatic carbocycles. The molecule has 1 saturated heterocycles. The van der Waals surface area contributed by atoms with Crippen molar-refractivity contribution in [3.8, 4) is 11.5 Å². The number of nitrogens with zero attached hydrogens (tertiary/aromatic N) is 1. The number of aliphatic hydroxyl groups excluding tert-OH is 1. The zero-order valence-corrected chi connectivity index (χ0v) is 21.5. The predicted octanol–water partition coefficient (Wildman–Crippen LogP) is 5.95. The Morgan fingerprint density at radius 3 is 2.19 bits per heavy atom. The molecule has 0 saturated carbocycles. The molecule has 1 heterocycles. The topological polar surface area (TPSA) is 76.1 Å². The molecule has 186 valence electrons. The van der Waals surface area contributed by atoms with Crippen LogP contribution in [0.1, 0.15) is 46.3 Å². The number of carbonyl (C=O) groups excluding carboxylic acids is 2. The van der Waals surface area contributed by atoms with Gasteiger partial charge in [-0.25, -0.2) is 0 Å². The Kier molecular flexibility index (Phi) is 6.88. The lowest BCUT2D eigenvalue weighted by atomic mass is 9.93. The van der Waals surface area contributed by atoms with Crippen molar-refractivity contribution in [3.05, 3.63) is 93.6 Å². The van der Waals surface area contributed by atoms with Crippen molar-refractivity contribution in [2.24, 2.45) is 0 Å². The first kappa shape index (κ1) is 25.0. The minimum atomic E-state index is -0.849. The highest BCUT2D eigenvalue weighted by atomic mass is 16.5. The smallest absolute Gasteiger partial charge is 0.300 e. The highest BCUT2D eigenvalue weighted by Gasteiger charge is 2.47. The summed E-state index contributed by atoms with van der Waals surface area (Å²) in [5, 5.41) is 11.4. The second kappa shape index (κ2) is 9.90. The minimum Gasteiger partial charge on any atom is -0.507 e. The van der Waals surface area contributed by atoms with Crippen LogP contribution in [-0.4, -0.2) is 30.5 Å². The van der Waals surface area contributed by atoms with Crippen LogP contribution in [0.5, 0.6) is 11.5 Å². The fourth-order valence-electron chi connectivity index (χ4n) is 4.68. The lowest BCUT2D eigenvalue weighted by molar-refractivity contribution is -0.132. The Hall–Kier alpha value is -4.06. The van der Waals surface area contributed by atoms with E-state index in [-0.39, 0.29) is 11.3 Å². The SMILES string of the molecule is CCOc1cc(C2/C(=C(/O)c3ccc(C)c(C)c3)C(=O)C(=O)N2c2cc(C)cc(C)c2)ccc1OC.